The molecule has 3 aromatic heterocycles. The van der Waals surface area contributed by atoms with Crippen LogP contribution in [0.5, 0.6) is 5.75 Å². The molecule has 0 fully saturated rings. The number of ether oxygens (including phenoxy) is 1. The number of hydrogen-bond donors (Lipinski definition) is 1. The normalized spacial score (nSPS) is 11.2. The van der Waals surface area contributed by atoms with Gasteiger partial charge in [-0.3, -0.25) is 5.43 Å². The summed E-state index contributed by atoms with van der Waals surface area (Å²) in [5, 5.41) is 6.29. The van der Waals surface area contributed by atoms with Gasteiger partial charge in [-0.05, 0) is 47.3 Å². The Morgan fingerprint density at radius 2 is 2.04 bits per heavy atom. The van der Waals surface area contributed by atoms with Crippen molar-refractivity contribution in [1.82, 2.24) is 9.97 Å². The number of nitrogens with zero attached hydrogens (tertiary/aromatic N) is 3. The molecule has 0 saturated carbocycles. The van der Waals surface area contributed by atoms with Crippen LogP contribution in [-0.4, -0.2) is 23.3 Å². The molecule has 0 atom stereocenters. The third kappa shape index (κ3) is 3.38. The van der Waals surface area contributed by atoms with Crippen LogP contribution in [0.3, 0.4) is 0 Å². The monoisotopic (exact) mass is 366 g/mol. The van der Waals surface area contributed by atoms with E-state index < -0.39 is 0 Å². The Bertz CT molecular complexity index is 1010. The quantitative estimate of drug-likeness (QED) is 0.404. The minimum atomic E-state index is 0.711. The molecule has 1 N–H and O–H groups in total. The summed E-state index contributed by atoms with van der Waals surface area (Å²) >= 11 is 3.28. The van der Waals surface area contributed by atoms with Gasteiger partial charge in [-0.2, -0.15) is 5.10 Å². The minimum Gasteiger partial charge on any atom is -0.497 e. The molecule has 4 rings (SSSR count). The van der Waals surface area contributed by atoms with Crippen LogP contribution in [0.1, 0.15) is 4.88 Å². The van der Waals surface area contributed by atoms with E-state index >= 15 is 0 Å². The van der Waals surface area contributed by atoms with Crippen molar-refractivity contribution in [1.29, 1.82) is 0 Å². The van der Waals surface area contributed by atoms with Gasteiger partial charge in [0.15, 0.2) is 5.82 Å². The molecule has 124 valence electrons. The molecule has 7 heteroatoms. The van der Waals surface area contributed by atoms with E-state index in [1.165, 1.54) is 0 Å². The first-order valence-corrected chi connectivity index (χ1v) is 9.24. The van der Waals surface area contributed by atoms with E-state index in [0.717, 1.165) is 31.3 Å². The number of hydrazone groups is 1. The van der Waals surface area contributed by atoms with E-state index in [9.17, 15) is 0 Å². The average Bonchev–Trinajstić information content (AvgIpc) is 3.31. The maximum absolute atomic E-state index is 5.21. The molecule has 3 heterocycles. The number of anilines is 1. The van der Waals surface area contributed by atoms with Gasteiger partial charge in [0.2, 0.25) is 0 Å². The highest BCUT2D eigenvalue weighted by molar-refractivity contribution is 7.22. The number of aromatic nitrogens is 2. The fourth-order valence-electron chi connectivity index (χ4n) is 2.35. The van der Waals surface area contributed by atoms with E-state index in [4.69, 9.17) is 4.74 Å². The van der Waals surface area contributed by atoms with Crippen molar-refractivity contribution in [3.8, 4) is 16.2 Å². The van der Waals surface area contributed by atoms with Gasteiger partial charge in [0.05, 0.1) is 23.5 Å². The van der Waals surface area contributed by atoms with Crippen molar-refractivity contribution in [2.75, 3.05) is 12.5 Å². The lowest BCUT2D eigenvalue weighted by molar-refractivity contribution is 0.415. The Labute approximate surface area is 152 Å². The first kappa shape index (κ1) is 15.7. The Hall–Kier alpha value is -2.77. The van der Waals surface area contributed by atoms with Crippen LogP contribution in [-0.2, 0) is 0 Å². The number of fused-ring (bicyclic) bond motifs is 1. The van der Waals surface area contributed by atoms with Gasteiger partial charge in [0.1, 0.15) is 12.1 Å². The van der Waals surface area contributed by atoms with Crippen molar-refractivity contribution >= 4 is 44.9 Å². The lowest BCUT2D eigenvalue weighted by Gasteiger charge is -2.00. The average molecular weight is 366 g/mol. The maximum Gasteiger partial charge on any atom is 0.167 e. The van der Waals surface area contributed by atoms with Gasteiger partial charge in [0.25, 0.3) is 0 Å². The number of hydrogen-bond acceptors (Lipinski definition) is 7. The molecule has 0 spiro atoms. The highest BCUT2D eigenvalue weighted by Gasteiger charge is 2.10. The molecule has 4 aromatic rings. The van der Waals surface area contributed by atoms with E-state index in [-0.39, 0.29) is 0 Å². The summed E-state index contributed by atoms with van der Waals surface area (Å²) in [7, 11) is 1.67. The molecule has 0 aliphatic heterocycles. The highest BCUT2D eigenvalue weighted by Crippen LogP contribution is 2.36. The second kappa shape index (κ2) is 7.00. The summed E-state index contributed by atoms with van der Waals surface area (Å²) in [4.78, 5) is 10.9. The molecule has 0 aliphatic rings. The van der Waals surface area contributed by atoms with Gasteiger partial charge in [-0.25, -0.2) is 9.97 Å². The Morgan fingerprint density at radius 3 is 2.80 bits per heavy atom. The molecular formula is C18H14N4OS2. The summed E-state index contributed by atoms with van der Waals surface area (Å²) in [6.45, 7) is 0. The van der Waals surface area contributed by atoms with Crippen LogP contribution < -0.4 is 10.2 Å². The molecule has 0 saturated heterocycles. The van der Waals surface area contributed by atoms with Crippen LogP contribution in [0.25, 0.3) is 20.7 Å². The van der Waals surface area contributed by atoms with E-state index in [0.29, 0.717) is 5.82 Å². The van der Waals surface area contributed by atoms with Crippen LogP contribution in [0, 0.1) is 0 Å². The van der Waals surface area contributed by atoms with Crippen LogP contribution in [0.4, 0.5) is 5.82 Å². The predicted octanol–water partition coefficient (Wildman–Crippen LogP) is 4.87. The standard InChI is InChI=1S/C18H14N4OS2/c1-23-13-6-4-12(5-7-13)16-9-15-17(25-16)18(20-11-19-15)22-21-10-14-3-2-8-24-14/h2-11H,1H3,(H,19,20,22). The molecule has 0 amide bonds. The molecule has 5 nitrogen and oxygen atoms in total. The van der Waals surface area contributed by atoms with Gasteiger partial charge in [0, 0.05) is 9.75 Å². The van der Waals surface area contributed by atoms with Crippen LogP contribution in [0.15, 0.2) is 59.3 Å². The summed E-state index contributed by atoms with van der Waals surface area (Å²) in [6.07, 6.45) is 3.34. The molecule has 1 aromatic carbocycles. The smallest absolute Gasteiger partial charge is 0.167 e. The van der Waals surface area contributed by atoms with E-state index in [1.54, 1.807) is 42.3 Å². The van der Waals surface area contributed by atoms with Crippen molar-refractivity contribution in [2.24, 2.45) is 5.10 Å². The highest BCUT2D eigenvalue weighted by atomic mass is 32.1. The SMILES string of the molecule is COc1ccc(-c2cc3ncnc(NN=Cc4cccs4)c3s2)cc1. The second-order valence-electron chi connectivity index (χ2n) is 5.16. The topological polar surface area (TPSA) is 59.4 Å². The summed E-state index contributed by atoms with van der Waals surface area (Å²) < 4.78 is 6.20. The lowest BCUT2D eigenvalue weighted by Crippen LogP contribution is -1.93. The Balaban J connectivity index is 1.63. The minimum absolute atomic E-state index is 0.711. The van der Waals surface area contributed by atoms with Crippen molar-refractivity contribution in [3.05, 3.63) is 59.0 Å². The van der Waals surface area contributed by atoms with Crippen molar-refractivity contribution in [3.63, 3.8) is 0 Å². The largest absolute Gasteiger partial charge is 0.497 e. The Kier molecular flexibility index (Phi) is 4.41. The lowest BCUT2D eigenvalue weighted by atomic mass is 10.2. The fraction of sp³-hybridized carbons (Fsp3) is 0.0556. The van der Waals surface area contributed by atoms with E-state index in [1.807, 2.05) is 41.8 Å². The fourth-order valence-corrected chi connectivity index (χ4v) is 3.99. The molecule has 0 bridgehead atoms. The molecular weight excluding hydrogens is 352 g/mol. The third-order valence-corrected chi connectivity index (χ3v) is 5.58. The molecule has 0 aliphatic carbocycles. The number of benzene rings is 1. The number of nitrogens with one attached hydrogen (secondary N) is 1. The first-order chi connectivity index (χ1) is 12.3. The second-order valence-corrected chi connectivity index (χ2v) is 7.19. The molecule has 0 unspecified atom stereocenters. The molecule has 0 radical (unpaired) electrons. The number of thiophene rings is 2. The maximum atomic E-state index is 5.21. The summed E-state index contributed by atoms with van der Waals surface area (Å²) in [6, 6.07) is 14.1. The predicted molar refractivity (Wildman–Crippen MR) is 105 cm³/mol. The first-order valence-electron chi connectivity index (χ1n) is 7.55. The van der Waals surface area contributed by atoms with Crippen molar-refractivity contribution in [2.45, 2.75) is 0 Å². The molecule has 25 heavy (non-hydrogen) atoms. The summed E-state index contributed by atoms with van der Waals surface area (Å²) in [5.41, 5.74) is 5.05. The van der Waals surface area contributed by atoms with Gasteiger partial charge >= 0.3 is 0 Å². The zero-order valence-corrected chi connectivity index (χ0v) is 15.0. The third-order valence-electron chi connectivity index (χ3n) is 3.59. The Morgan fingerprint density at radius 1 is 1.16 bits per heavy atom. The van der Waals surface area contributed by atoms with Crippen LogP contribution in [0.2, 0.25) is 0 Å². The van der Waals surface area contributed by atoms with E-state index in [2.05, 4.69) is 26.6 Å². The van der Waals surface area contributed by atoms with Crippen molar-refractivity contribution < 1.29 is 4.74 Å². The van der Waals surface area contributed by atoms with Gasteiger partial charge in [-0.15, -0.1) is 22.7 Å². The van der Waals surface area contributed by atoms with Gasteiger partial charge in [-0.1, -0.05) is 6.07 Å². The van der Waals surface area contributed by atoms with Crippen LogP contribution >= 0.6 is 22.7 Å². The van der Waals surface area contributed by atoms with Gasteiger partial charge < -0.3 is 4.74 Å². The summed E-state index contributed by atoms with van der Waals surface area (Å²) in [5.74, 6) is 1.55. The zero-order chi connectivity index (χ0) is 17.1. The number of methoxy groups -OCH3 is 1. The zero-order valence-electron chi connectivity index (χ0n) is 13.3. The number of rotatable bonds is 5.